The van der Waals surface area contributed by atoms with Crippen LogP contribution in [0.5, 0.6) is 0 Å². The highest BCUT2D eigenvalue weighted by molar-refractivity contribution is 6.32. The van der Waals surface area contributed by atoms with E-state index in [1.54, 1.807) is 0 Å². The number of benzene rings is 2. The highest BCUT2D eigenvalue weighted by Gasteiger charge is 2.28. The average Bonchev–Trinajstić information content (AvgIpc) is 2.96. The van der Waals surface area contributed by atoms with Crippen molar-refractivity contribution in [3.63, 3.8) is 0 Å². The van der Waals surface area contributed by atoms with Crippen molar-refractivity contribution in [1.29, 1.82) is 0 Å². The molecule has 0 saturated carbocycles. The largest absolute Gasteiger partial charge is 0.344 e. The highest BCUT2D eigenvalue weighted by atomic mass is 16.2. The van der Waals surface area contributed by atoms with Gasteiger partial charge in [0.05, 0.1) is 5.57 Å². The van der Waals surface area contributed by atoms with Crippen LogP contribution in [0.1, 0.15) is 42.4 Å². The van der Waals surface area contributed by atoms with Crippen LogP contribution >= 0.6 is 0 Å². The number of aryl methyl sites for hydroxylation is 2. The molecule has 1 unspecified atom stereocenters. The van der Waals surface area contributed by atoms with Crippen molar-refractivity contribution in [2.45, 2.75) is 45.6 Å². The summed E-state index contributed by atoms with van der Waals surface area (Å²) in [4.78, 5) is 15.1. The summed E-state index contributed by atoms with van der Waals surface area (Å²) in [6.45, 7) is 6.31. The molecule has 0 bridgehead atoms. The predicted octanol–water partition coefficient (Wildman–Crippen LogP) is 4.64. The summed E-state index contributed by atoms with van der Waals surface area (Å²) in [5, 5.41) is 6.57. The number of rotatable bonds is 3. The van der Waals surface area contributed by atoms with Crippen LogP contribution in [0, 0.1) is 13.8 Å². The van der Waals surface area contributed by atoms with E-state index in [4.69, 9.17) is 0 Å². The molecule has 1 fully saturated rings. The van der Waals surface area contributed by atoms with Gasteiger partial charge in [0.15, 0.2) is 0 Å². The maximum atomic E-state index is 12.8. The fraction of sp³-hybridized carbons (Fsp3) is 0.375. The second-order valence-corrected chi connectivity index (χ2v) is 7.93. The molecule has 0 aromatic heterocycles. The molecule has 2 aliphatic heterocycles. The van der Waals surface area contributed by atoms with Gasteiger partial charge >= 0.3 is 0 Å². The molecule has 4 heteroatoms. The van der Waals surface area contributed by atoms with Crippen molar-refractivity contribution in [2.24, 2.45) is 0 Å². The van der Waals surface area contributed by atoms with E-state index in [0.717, 1.165) is 54.0 Å². The number of amides is 1. The summed E-state index contributed by atoms with van der Waals surface area (Å²) < 4.78 is 0. The topological polar surface area (TPSA) is 44.4 Å². The molecule has 2 aliphatic rings. The molecule has 4 rings (SSSR count). The molecular weight excluding hydrogens is 346 g/mol. The number of nitrogens with one attached hydrogen (secondary N) is 2. The first-order chi connectivity index (χ1) is 13.6. The Bertz CT molecular complexity index is 894. The minimum atomic E-state index is -0.00841. The minimum Gasteiger partial charge on any atom is -0.344 e. The maximum Gasteiger partial charge on any atom is 0.257 e. The van der Waals surface area contributed by atoms with Crippen molar-refractivity contribution < 1.29 is 4.79 Å². The lowest BCUT2D eigenvalue weighted by molar-refractivity contribution is -0.110. The van der Waals surface area contributed by atoms with E-state index in [1.807, 2.05) is 12.1 Å². The lowest BCUT2D eigenvalue weighted by atomic mass is 9.99. The van der Waals surface area contributed by atoms with E-state index in [2.05, 4.69) is 65.9 Å². The van der Waals surface area contributed by atoms with E-state index in [1.165, 1.54) is 18.4 Å². The third kappa shape index (κ3) is 3.83. The summed E-state index contributed by atoms with van der Waals surface area (Å²) in [5.74, 6) is -0.00841. The molecule has 0 spiro atoms. The van der Waals surface area contributed by atoms with Gasteiger partial charge in [-0.1, -0.05) is 30.7 Å². The zero-order valence-electron chi connectivity index (χ0n) is 16.8. The fourth-order valence-electron chi connectivity index (χ4n) is 4.32. The molecule has 2 heterocycles. The van der Waals surface area contributed by atoms with E-state index < -0.39 is 0 Å². The van der Waals surface area contributed by atoms with Crippen LogP contribution in [0.2, 0.25) is 0 Å². The molecule has 146 valence electrons. The first-order valence-electron chi connectivity index (χ1n) is 10.3. The van der Waals surface area contributed by atoms with Crippen LogP contribution in [-0.4, -0.2) is 25.0 Å². The van der Waals surface area contributed by atoms with Crippen molar-refractivity contribution >= 4 is 22.9 Å². The van der Waals surface area contributed by atoms with E-state index >= 15 is 0 Å². The van der Waals surface area contributed by atoms with Gasteiger partial charge in [0.25, 0.3) is 5.91 Å². The van der Waals surface area contributed by atoms with Crippen molar-refractivity contribution in [2.75, 3.05) is 23.3 Å². The Labute approximate surface area is 167 Å². The monoisotopic (exact) mass is 375 g/mol. The standard InChI is InChI=1S/C24H29N3O/c1-17-7-5-10-20(15-17)27(19-9-3-4-13-25-14-12-19)16-21-23-18(2)8-6-11-22(23)26-24(21)28/h5-8,10-11,15-16,19,25H,3-4,9,12-14H2,1-2H3,(H,26,28)/b21-16-. The quantitative estimate of drug-likeness (QED) is 0.769. The van der Waals surface area contributed by atoms with Crippen LogP contribution in [0.4, 0.5) is 11.4 Å². The molecule has 28 heavy (non-hydrogen) atoms. The number of nitrogens with zero attached hydrogens (tertiary/aromatic N) is 1. The molecule has 2 aromatic carbocycles. The van der Waals surface area contributed by atoms with Gasteiger partial charge in [-0.2, -0.15) is 0 Å². The van der Waals surface area contributed by atoms with E-state index in [-0.39, 0.29) is 5.91 Å². The lowest BCUT2D eigenvalue weighted by Gasteiger charge is -2.33. The summed E-state index contributed by atoms with van der Waals surface area (Å²) in [5.41, 5.74) is 6.24. The van der Waals surface area contributed by atoms with Crippen LogP contribution in [0.25, 0.3) is 5.57 Å². The Morgan fingerprint density at radius 2 is 1.89 bits per heavy atom. The highest BCUT2D eigenvalue weighted by Crippen LogP contribution is 2.36. The Hall–Kier alpha value is -2.59. The third-order valence-corrected chi connectivity index (χ3v) is 5.79. The van der Waals surface area contributed by atoms with Gasteiger partial charge < -0.3 is 15.5 Å². The van der Waals surface area contributed by atoms with Gasteiger partial charge in [-0.3, -0.25) is 4.79 Å². The molecule has 0 radical (unpaired) electrons. The average molecular weight is 376 g/mol. The second kappa shape index (κ2) is 8.19. The number of anilines is 2. The van der Waals surface area contributed by atoms with Crippen molar-refractivity contribution in [3.8, 4) is 0 Å². The number of fused-ring (bicyclic) bond motifs is 1. The van der Waals surface area contributed by atoms with Crippen molar-refractivity contribution in [1.82, 2.24) is 5.32 Å². The molecule has 4 nitrogen and oxygen atoms in total. The minimum absolute atomic E-state index is 0.00841. The Morgan fingerprint density at radius 3 is 2.75 bits per heavy atom. The van der Waals surface area contributed by atoms with Gasteiger partial charge in [0, 0.05) is 29.2 Å². The van der Waals surface area contributed by atoms with Gasteiger partial charge in [-0.05, 0) is 75.5 Å². The van der Waals surface area contributed by atoms with Gasteiger partial charge in [0.1, 0.15) is 0 Å². The first-order valence-corrected chi connectivity index (χ1v) is 10.3. The van der Waals surface area contributed by atoms with Crippen LogP contribution in [0.15, 0.2) is 48.7 Å². The van der Waals surface area contributed by atoms with Gasteiger partial charge in [-0.15, -0.1) is 0 Å². The Balaban J connectivity index is 1.78. The molecular formula is C24H29N3O. The van der Waals surface area contributed by atoms with Gasteiger partial charge in [-0.25, -0.2) is 0 Å². The predicted molar refractivity (Wildman–Crippen MR) is 117 cm³/mol. The zero-order valence-corrected chi connectivity index (χ0v) is 16.8. The van der Waals surface area contributed by atoms with E-state index in [0.29, 0.717) is 6.04 Å². The smallest absolute Gasteiger partial charge is 0.257 e. The zero-order chi connectivity index (χ0) is 19.5. The number of hydrogen-bond acceptors (Lipinski definition) is 3. The fourth-order valence-corrected chi connectivity index (χ4v) is 4.32. The lowest BCUT2D eigenvalue weighted by Crippen LogP contribution is -2.36. The molecule has 1 atom stereocenters. The first kappa shape index (κ1) is 18.8. The number of carbonyl (C=O) groups is 1. The summed E-state index contributed by atoms with van der Waals surface area (Å²) in [7, 11) is 0. The van der Waals surface area contributed by atoms with Crippen LogP contribution in [-0.2, 0) is 4.79 Å². The third-order valence-electron chi connectivity index (χ3n) is 5.79. The molecule has 1 amide bonds. The maximum absolute atomic E-state index is 12.8. The normalized spacial score (nSPS) is 21.0. The Morgan fingerprint density at radius 1 is 1.04 bits per heavy atom. The molecule has 1 saturated heterocycles. The van der Waals surface area contributed by atoms with Crippen LogP contribution in [0.3, 0.4) is 0 Å². The van der Waals surface area contributed by atoms with E-state index in [9.17, 15) is 4.79 Å². The molecule has 0 aliphatic carbocycles. The number of carbonyl (C=O) groups excluding carboxylic acids is 1. The SMILES string of the molecule is Cc1cccc(N(/C=C2\C(=O)Nc3cccc(C)c32)C2CCCCNCC2)c1. The molecule has 2 aromatic rings. The summed E-state index contributed by atoms with van der Waals surface area (Å²) in [6, 6.07) is 15.0. The van der Waals surface area contributed by atoms with Crippen molar-refractivity contribution in [3.05, 3.63) is 65.4 Å². The Kier molecular flexibility index (Phi) is 5.49. The summed E-state index contributed by atoms with van der Waals surface area (Å²) >= 11 is 0. The molecule has 2 N–H and O–H groups in total. The van der Waals surface area contributed by atoms with Gasteiger partial charge in [0.2, 0.25) is 0 Å². The van der Waals surface area contributed by atoms with Crippen LogP contribution < -0.4 is 15.5 Å². The summed E-state index contributed by atoms with van der Waals surface area (Å²) in [6.07, 6.45) is 6.71. The second-order valence-electron chi connectivity index (χ2n) is 7.93. The number of hydrogen-bond donors (Lipinski definition) is 2.